The SMILES string of the molecule is O=C1NC(C2=Cc3cc4ccccc4cc3CC2=S)N/C1=C\c1ccccn1. The molecular formula is C23H17N3OS. The average Bonchev–Trinajstić information content (AvgIpc) is 3.07. The summed E-state index contributed by atoms with van der Waals surface area (Å²) < 4.78 is 0. The van der Waals surface area contributed by atoms with E-state index in [1.54, 1.807) is 12.3 Å². The first-order chi connectivity index (χ1) is 13.7. The van der Waals surface area contributed by atoms with Crippen LogP contribution in [0.5, 0.6) is 0 Å². The monoisotopic (exact) mass is 383 g/mol. The Labute approximate surface area is 168 Å². The predicted octanol–water partition coefficient (Wildman–Crippen LogP) is 3.63. The van der Waals surface area contributed by atoms with Crippen LogP contribution in [0.2, 0.25) is 0 Å². The summed E-state index contributed by atoms with van der Waals surface area (Å²) in [5.41, 5.74) is 4.55. The number of nitrogens with zero attached hydrogens (tertiary/aromatic N) is 1. The molecule has 0 saturated carbocycles. The van der Waals surface area contributed by atoms with Crippen LogP contribution in [0.4, 0.5) is 0 Å². The Balaban J connectivity index is 1.49. The lowest BCUT2D eigenvalue weighted by Gasteiger charge is -2.23. The van der Waals surface area contributed by atoms with E-state index in [1.165, 1.54) is 16.3 Å². The molecule has 4 nitrogen and oxygen atoms in total. The molecule has 1 aromatic heterocycles. The predicted molar refractivity (Wildman–Crippen MR) is 116 cm³/mol. The van der Waals surface area contributed by atoms with E-state index in [0.717, 1.165) is 21.7 Å². The van der Waals surface area contributed by atoms with Gasteiger partial charge in [-0.1, -0.05) is 48.6 Å². The van der Waals surface area contributed by atoms with Gasteiger partial charge in [0.25, 0.3) is 5.91 Å². The largest absolute Gasteiger partial charge is 0.357 e. The van der Waals surface area contributed by atoms with Crippen molar-refractivity contribution in [3.8, 4) is 0 Å². The Morgan fingerprint density at radius 2 is 1.82 bits per heavy atom. The number of hydrogen-bond donors (Lipinski definition) is 2. The molecule has 1 aliphatic carbocycles. The summed E-state index contributed by atoms with van der Waals surface area (Å²) in [5.74, 6) is -0.149. The van der Waals surface area contributed by atoms with Crippen molar-refractivity contribution in [2.24, 2.45) is 0 Å². The van der Waals surface area contributed by atoms with Gasteiger partial charge in [0, 0.05) is 23.1 Å². The van der Waals surface area contributed by atoms with Crippen LogP contribution in [0.3, 0.4) is 0 Å². The van der Waals surface area contributed by atoms with Crippen LogP contribution < -0.4 is 10.6 Å². The van der Waals surface area contributed by atoms with Gasteiger partial charge in [-0.3, -0.25) is 9.78 Å². The number of benzene rings is 2. The fourth-order valence-electron chi connectivity index (χ4n) is 3.70. The molecule has 5 heteroatoms. The second-order valence-corrected chi connectivity index (χ2v) is 7.45. The molecule has 1 atom stereocenters. The summed E-state index contributed by atoms with van der Waals surface area (Å²) in [5, 5.41) is 8.67. The maximum Gasteiger partial charge on any atom is 0.269 e. The first-order valence-corrected chi connectivity index (χ1v) is 9.55. The topological polar surface area (TPSA) is 54.0 Å². The minimum Gasteiger partial charge on any atom is -0.357 e. The summed E-state index contributed by atoms with van der Waals surface area (Å²) in [4.78, 5) is 17.5. The number of carbonyl (C=O) groups excluding carboxylic acids is 1. The van der Waals surface area contributed by atoms with Crippen LogP contribution in [0.15, 0.2) is 72.1 Å². The van der Waals surface area contributed by atoms with Crippen LogP contribution >= 0.6 is 12.2 Å². The Hall–Kier alpha value is -3.31. The molecule has 3 aromatic rings. The quantitative estimate of drug-likeness (QED) is 0.524. The van der Waals surface area contributed by atoms with Gasteiger partial charge in [0.15, 0.2) is 0 Å². The molecule has 1 fully saturated rings. The zero-order chi connectivity index (χ0) is 19.1. The van der Waals surface area contributed by atoms with E-state index in [0.29, 0.717) is 12.1 Å². The average molecular weight is 383 g/mol. The Morgan fingerprint density at radius 1 is 1.04 bits per heavy atom. The number of rotatable bonds is 2. The van der Waals surface area contributed by atoms with Crippen molar-refractivity contribution >= 4 is 45.9 Å². The molecule has 0 bridgehead atoms. The molecular weight excluding hydrogens is 366 g/mol. The highest BCUT2D eigenvalue weighted by Gasteiger charge is 2.31. The number of carbonyl (C=O) groups is 1. The third-order valence-electron chi connectivity index (χ3n) is 5.10. The van der Waals surface area contributed by atoms with Gasteiger partial charge < -0.3 is 10.6 Å². The zero-order valence-corrected chi connectivity index (χ0v) is 15.8. The normalized spacial score (nSPS) is 19.9. The second kappa shape index (κ2) is 6.69. The molecule has 28 heavy (non-hydrogen) atoms. The van der Waals surface area contributed by atoms with E-state index >= 15 is 0 Å². The van der Waals surface area contributed by atoms with Crippen molar-refractivity contribution in [3.05, 3.63) is 88.9 Å². The summed E-state index contributed by atoms with van der Waals surface area (Å²) in [6.07, 6.45) is 5.93. The number of amides is 1. The Morgan fingerprint density at radius 3 is 2.61 bits per heavy atom. The minimum absolute atomic E-state index is 0.149. The summed E-state index contributed by atoms with van der Waals surface area (Å²) in [6, 6.07) is 18.3. The highest BCUT2D eigenvalue weighted by atomic mass is 32.1. The van der Waals surface area contributed by atoms with E-state index in [9.17, 15) is 4.79 Å². The highest BCUT2D eigenvalue weighted by Crippen LogP contribution is 2.29. The lowest BCUT2D eigenvalue weighted by Crippen LogP contribution is -2.37. The molecule has 1 saturated heterocycles. The summed E-state index contributed by atoms with van der Waals surface area (Å²) in [6.45, 7) is 0. The van der Waals surface area contributed by atoms with Gasteiger partial charge in [0.2, 0.25) is 0 Å². The van der Waals surface area contributed by atoms with Crippen LogP contribution in [0.25, 0.3) is 22.9 Å². The van der Waals surface area contributed by atoms with E-state index in [2.05, 4.69) is 46.0 Å². The van der Waals surface area contributed by atoms with Crippen LogP contribution in [-0.2, 0) is 11.2 Å². The Bertz CT molecular complexity index is 1180. The molecule has 5 rings (SSSR count). The minimum atomic E-state index is -0.324. The number of hydrogen-bond acceptors (Lipinski definition) is 4. The van der Waals surface area contributed by atoms with Gasteiger partial charge in [-0.05, 0) is 52.3 Å². The molecule has 1 aliphatic heterocycles. The summed E-state index contributed by atoms with van der Waals surface area (Å²) in [7, 11) is 0. The van der Waals surface area contributed by atoms with Gasteiger partial charge in [-0.15, -0.1) is 0 Å². The molecule has 136 valence electrons. The van der Waals surface area contributed by atoms with Crippen molar-refractivity contribution in [1.82, 2.24) is 15.6 Å². The number of pyridine rings is 1. The number of nitrogens with one attached hydrogen (secondary N) is 2. The third-order valence-corrected chi connectivity index (χ3v) is 5.48. The van der Waals surface area contributed by atoms with Crippen molar-refractivity contribution < 1.29 is 4.79 Å². The van der Waals surface area contributed by atoms with E-state index < -0.39 is 0 Å². The lowest BCUT2D eigenvalue weighted by atomic mass is 9.88. The number of aromatic nitrogens is 1. The second-order valence-electron chi connectivity index (χ2n) is 6.96. The molecule has 1 amide bonds. The molecule has 2 aromatic carbocycles. The smallest absolute Gasteiger partial charge is 0.269 e. The van der Waals surface area contributed by atoms with Gasteiger partial charge in [0.1, 0.15) is 11.9 Å². The van der Waals surface area contributed by atoms with Gasteiger partial charge in [-0.2, -0.15) is 0 Å². The summed E-state index contributed by atoms with van der Waals surface area (Å²) >= 11 is 5.68. The van der Waals surface area contributed by atoms with Gasteiger partial charge in [-0.25, -0.2) is 0 Å². The zero-order valence-electron chi connectivity index (χ0n) is 15.0. The highest BCUT2D eigenvalue weighted by molar-refractivity contribution is 7.80. The first-order valence-electron chi connectivity index (χ1n) is 9.14. The maximum atomic E-state index is 12.4. The fourth-order valence-corrected chi connectivity index (χ4v) is 4.03. The molecule has 2 N–H and O–H groups in total. The van der Waals surface area contributed by atoms with Crippen molar-refractivity contribution in [2.75, 3.05) is 0 Å². The van der Waals surface area contributed by atoms with E-state index in [-0.39, 0.29) is 12.1 Å². The molecule has 0 spiro atoms. The number of thiocarbonyl (C=S) groups is 1. The maximum absolute atomic E-state index is 12.4. The van der Waals surface area contributed by atoms with Gasteiger partial charge in [0.05, 0.1) is 5.69 Å². The van der Waals surface area contributed by atoms with Gasteiger partial charge >= 0.3 is 0 Å². The van der Waals surface area contributed by atoms with E-state index in [4.69, 9.17) is 12.2 Å². The molecule has 2 heterocycles. The van der Waals surface area contributed by atoms with Crippen molar-refractivity contribution in [3.63, 3.8) is 0 Å². The van der Waals surface area contributed by atoms with Crippen molar-refractivity contribution in [2.45, 2.75) is 12.6 Å². The third kappa shape index (κ3) is 3.00. The van der Waals surface area contributed by atoms with E-state index in [1.807, 2.05) is 30.3 Å². The van der Waals surface area contributed by atoms with Crippen LogP contribution in [-0.4, -0.2) is 21.9 Å². The Kier molecular flexibility index (Phi) is 4.02. The van der Waals surface area contributed by atoms with Crippen molar-refractivity contribution in [1.29, 1.82) is 0 Å². The molecule has 0 radical (unpaired) electrons. The van der Waals surface area contributed by atoms with Crippen LogP contribution in [0, 0.1) is 0 Å². The fraction of sp³-hybridized carbons (Fsp3) is 0.0870. The standard InChI is InChI=1S/C23H17N3OS/c27-23-20(13-18-7-3-4-8-24-18)25-22(26-23)19-11-16-9-14-5-1-2-6-15(14)10-17(16)12-21(19)28/h1-11,13,22,25H,12H2,(H,26,27)/b20-13-. The lowest BCUT2D eigenvalue weighted by molar-refractivity contribution is -0.116. The van der Waals surface area contributed by atoms with Crippen LogP contribution in [0.1, 0.15) is 16.8 Å². The number of fused-ring (bicyclic) bond motifs is 2. The molecule has 1 unspecified atom stereocenters. The first kappa shape index (κ1) is 16.8. The molecule has 2 aliphatic rings.